The Labute approximate surface area is 147 Å². The first-order valence-corrected chi connectivity index (χ1v) is 10.7. The molecule has 1 aromatic carbocycles. The zero-order chi connectivity index (χ0) is 17.0. The van der Waals surface area contributed by atoms with Gasteiger partial charge in [-0.15, -0.1) is 11.3 Å². The van der Waals surface area contributed by atoms with E-state index in [4.69, 9.17) is 4.74 Å². The van der Waals surface area contributed by atoms with Gasteiger partial charge in [0.1, 0.15) is 0 Å². The Kier molecular flexibility index (Phi) is 5.39. The topological polar surface area (TPSA) is 55.4 Å². The minimum Gasteiger partial charge on any atom is -0.381 e. The maximum Gasteiger partial charge on any atom is 0.215 e. The normalized spacial score (nSPS) is 17.7. The molecule has 0 bridgehead atoms. The number of benzene rings is 1. The number of hydrogen-bond acceptors (Lipinski definition) is 4. The van der Waals surface area contributed by atoms with Gasteiger partial charge in [0, 0.05) is 30.1 Å². The van der Waals surface area contributed by atoms with E-state index in [1.807, 2.05) is 42.6 Å². The molecule has 2 aromatic rings. The van der Waals surface area contributed by atoms with Crippen LogP contribution in [0.4, 0.5) is 0 Å². The van der Waals surface area contributed by atoms with Crippen LogP contribution in [0.1, 0.15) is 28.8 Å². The summed E-state index contributed by atoms with van der Waals surface area (Å²) in [5.41, 5.74) is 1.74. The molecule has 3 rings (SSSR count). The van der Waals surface area contributed by atoms with Crippen molar-refractivity contribution in [3.05, 3.63) is 57.8 Å². The molecule has 0 amide bonds. The third kappa shape index (κ3) is 4.25. The van der Waals surface area contributed by atoms with E-state index in [2.05, 4.69) is 10.8 Å². The molecule has 1 fully saturated rings. The predicted molar refractivity (Wildman–Crippen MR) is 97.9 cm³/mol. The Morgan fingerprint density at radius 3 is 2.67 bits per heavy atom. The molecule has 1 aliphatic heterocycles. The summed E-state index contributed by atoms with van der Waals surface area (Å²) in [5, 5.41) is 2.05. The van der Waals surface area contributed by atoms with Gasteiger partial charge in [0.2, 0.25) is 10.0 Å². The lowest BCUT2D eigenvalue weighted by Gasteiger charge is -2.36. The molecule has 0 radical (unpaired) electrons. The van der Waals surface area contributed by atoms with Crippen LogP contribution < -0.4 is 4.72 Å². The maximum absolute atomic E-state index is 12.5. The van der Waals surface area contributed by atoms with Crippen LogP contribution in [-0.4, -0.2) is 28.2 Å². The van der Waals surface area contributed by atoms with Crippen molar-refractivity contribution in [2.45, 2.75) is 30.9 Å². The SMILES string of the molecule is Cc1cccc(CS(=O)(=O)NCC2(c3cccs3)CCOCC2)c1. The average Bonchev–Trinajstić information content (AvgIpc) is 3.09. The fourth-order valence-electron chi connectivity index (χ4n) is 3.17. The van der Waals surface area contributed by atoms with Crippen LogP contribution in [0.3, 0.4) is 0 Å². The predicted octanol–water partition coefficient (Wildman–Crippen LogP) is 3.22. The number of sulfonamides is 1. The fraction of sp³-hybridized carbons (Fsp3) is 0.444. The Morgan fingerprint density at radius 1 is 1.21 bits per heavy atom. The molecule has 1 aromatic heterocycles. The summed E-state index contributed by atoms with van der Waals surface area (Å²) >= 11 is 1.69. The third-order valence-corrected chi connectivity index (χ3v) is 6.98. The van der Waals surface area contributed by atoms with E-state index in [0.717, 1.165) is 24.0 Å². The lowest BCUT2D eigenvalue weighted by Crippen LogP contribution is -2.44. The average molecular weight is 366 g/mol. The van der Waals surface area contributed by atoms with Gasteiger partial charge in [-0.25, -0.2) is 13.1 Å². The van der Waals surface area contributed by atoms with Crippen molar-refractivity contribution in [3.8, 4) is 0 Å². The van der Waals surface area contributed by atoms with Gasteiger partial charge in [0.25, 0.3) is 0 Å². The van der Waals surface area contributed by atoms with Crippen LogP contribution in [0.5, 0.6) is 0 Å². The van der Waals surface area contributed by atoms with Crippen molar-refractivity contribution in [2.75, 3.05) is 19.8 Å². The maximum atomic E-state index is 12.5. The number of hydrogen-bond donors (Lipinski definition) is 1. The van der Waals surface area contributed by atoms with Crippen LogP contribution in [-0.2, 0) is 25.9 Å². The molecule has 2 heterocycles. The molecule has 0 aliphatic carbocycles. The largest absolute Gasteiger partial charge is 0.381 e. The number of thiophene rings is 1. The quantitative estimate of drug-likeness (QED) is 0.855. The van der Waals surface area contributed by atoms with E-state index < -0.39 is 10.0 Å². The number of rotatable bonds is 6. The molecule has 0 unspecified atom stereocenters. The van der Waals surface area contributed by atoms with Gasteiger partial charge in [-0.1, -0.05) is 35.9 Å². The second kappa shape index (κ2) is 7.35. The van der Waals surface area contributed by atoms with Crippen LogP contribution in [0.25, 0.3) is 0 Å². The van der Waals surface area contributed by atoms with Crippen molar-refractivity contribution in [2.24, 2.45) is 0 Å². The summed E-state index contributed by atoms with van der Waals surface area (Å²) in [6.45, 7) is 3.76. The minimum atomic E-state index is -3.37. The molecule has 0 saturated carbocycles. The highest BCUT2D eigenvalue weighted by Gasteiger charge is 2.36. The second-order valence-corrected chi connectivity index (χ2v) is 9.19. The zero-order valence-electron chi connectivity index (χ0n) is 13.8. The Balaban J connectivity index is 1.72. The smallest absolute Gasteiger partial charge is 0.215 e. The Hall–Kier alpha value is -1.21. The molecule has 0 spiro atoms. The summed E-state index contributed by atoms with van der Waals surface area (Å²) in [6, 6.07) is 11.8. The zero-order valence-corrected chi connectivity index (χ0v) is 15.5. The van der Waals surface area contributed by atoms with Crippen molar-refractivity contribution in [1.82, 2.24) is 4.72 Å². The second-order valence-electron chi connectivity index (χ2n) is 6.44. The molecule has 0 atom stereocenters. The summed E-state index contributed by atoms with van der Waals surface area (Å²) in [4.78, 5) is 1.24. The van der Waals surface area contributed by atoms with Crippen LogP contribution >= 0.6 is 11.3 Å². The standard InChI is InChI=1S/C18H23NO3S2/c1-15-4-2-5-16(12-15)13-24(20,21)19-14-18(7-9-22-10-8-18)17-6-3-11-23-17/h2-6,11-12,19H,7-10,13-14H2,1H3. The molecular formula is C18H23NO3S2. The van der Waals surface area contributed by atoms with Gasteiger partial charge >= 0.3 is 0 Å². The number of ether oxygens (including phenoxy) is 1. The first-order chi connectivity index (χ1) is 11.5. The monoisotopic (exact) mass is 365 g/mol. The van der Waals surface area contributed by atoms with E-state index in [-0.39, 0.29) is 11.2 Å². The molecule has 4 nitrogen and oxygen atoms in total. The van der Waals surface area contributed by atoms with Crippen molar-refractivity contribution in [1.29, 1.82) is 0 Å². The molecule has 130 valence electrons. The van der Waals surface area contributed by atoms with E-state index >= 15 is 0 Å². The third-order valence-electron chi connectivity index (χ3n) is 4.56. The highest BCUT2D eigenvalue weighted by atomic mass is 32.2. The molecule has 1 N–H and O–H groups in total. The Bertz CT molecular complexity index is 763. The summed E-state index contributed by atoms with van der Waals surface area (Å²) < 4.78 is 33.4. The van der Waals surface area contributed by atoms with Crippen LogP contribution in [0.2, 0.25) is 0 Å². The fourth-order valence-corrected chi connectivity index (χ4v) is 5.38. The van der Waals surface area contributed by atoms with E-state index in [0.29, 0.717) is 19.8 Å². The van der Waals surface area contributed by atoms with Gasteiger partial charge in [-0.2, -0.15) is 0 Å². The Morgan fingerprint density at radius 2 is 2.00 bits per heavy atom. The van der Waals surface area contributed by atoms with Gasteiger partial charge in [0.05, 0.1) is 5.75 Å². The molecule has 24 heavy (non-hydrogen) atoms. The lowest BCUT2D eigenvalue weighted by molar-refractivity contribution is 0.0529. The van der Waals surface area contributed by atoms with Gasteiger partial charge in [-0.3, -0.25) is 0 Å². The molecular weight excluding hydrogens is 342 g/mol. The molecule has 1 saturated heterocycles. The number of aryl methyl sites for hydroxylation is 1. The summed E-state index contributed by atoms with van der Waals surface area (Å²) in [7, 11) is -3.37. The van der Waals surface area contributed by atoms with Crippen LogP contribution in [0, 0.1) is 6.92 Å². The van der Waals surface area contributed by atoms with Gasteiger partial charge < -0.3 is 4.74 Å². The van der Waals surface area contributed by atoms with Gasteiger partial charge in [-0.05, 0) is 36.8 Å². The minimum absolute atomic E-state index is 0.0195. The summed E-state index contributed by atoms with van der Waals surface area (Å²) in [5.74, 6) is 0.0195. The van der Waals surface area contributed by atoms with Crippen molar-refractivity contribution in [3.63, 3.8) is 0 Å². The number of nitrogens with one attached hydrogen (secondary N) is 1. The van der Waals surface area contributed by atoms with Crippen LogP contribution in [0.15, 0.2) is 41.8 Å². The lowest BCUT2D eigenvalue weighted by atomic mass is 9.79. The first kappa shape index (κ1) is 17.6. The van der Waals surface area contributed by atoms with E-state index in [1.54, 1.807) is 11.3 Å². The van der Waals surface area contributed by atoms with Crippen molar-refractivity contribution >= 4 is 21.4 Å². The van der Waals surface area contributed by atoms with Crippen molar-refractivity contribution < 1.29 is 13.2 Å². The summed E-state index contributed by atoms with van der Waals surface area (Å²) in [6.07, 6.45) is 1.70. The van der Waals surface area contributed by atoms with Gasteiger partial charge in [0.15, 0.2) is 0 Å². The first-order valence-electron chi connectivity index (χ1n) is 8.14. The van der Waals surface area contributed by atoms with E-state index in [1.165, 1.54) is 4.88 Å². The molecule has 6 heteroatoms. The van der Waals surface area contributed by atoms with E-state index in [9.17, 15) is 8.42 Å². The highest BCUT2D eigenvalue weighted by Crippen LogP contribution is 2.37. The highest BCUT2D eigenvalue weighted by molar-refractivity contribution is 7.88. The molecule has 1 aliphatic rings.